The number of nitrogen functional groups attached to an aromatic ring is 2. The van der Waals surface area contributed by atoms with Crippen molar-refractivity contribution in [1.29, 1.82) is 0 Å². The monoisotopic (exact) mass is 227 g/mol. The summed E-state index contributed by atoms with van der Waals surface area (Å²) < 4.78 is 0. The number of rotatable bonds is 2. The first-order valence-electron chi connectivity index (χ1n) is 5.50. The van der Waals surface area contributed by atoms with Gasteiger partial charge in [-0.2, -0.15) is 0 Å². The van der Waals surface area contributed by atoms with Crippen LogP contribution in [0, 0.1) is 0 Å². The van der Waals surface area contributed by atoms with Crippen LogP contribution in [0.25, 0.3) is 11.1 Å². The summed E-state index contributed by atoms with van der Waals surface area (Å²) >= 11 is 0. The summed E-state index contributed by atoms with van der Waals surface area (Å²) in [5.41, 5.74) is 16.4. The van der Waals surface area contributed by atoms with E-state index >= 15 is 0 Å². The maximum Gasteiger partial charge on any atom is 0.0387 e. The zero-order valence-electron chi connectivity index (χ0n) is 10.1. The second-order valence-corrected chi connectivity index (χ2v) is 4.33. The fraction of sp³-hybridized carbons (Fsp3) is 0.143. The summed E-state index contributed by atoms with van der Waals surface area (Å²) in [6, 6.07) is 13.8. The molecular formula is C14H17N3. The van der Waals surface area contributed by atoms with E-state index in [2.05, 4.69) is 6.07 Å². The van der Waals surface area contributed by atoms with E-state index < -0.39 is 0 Å². The lowest BCUT2D eigenvalue weighted by Crippen LogP contribution is -2.09. The Kier molecular flexibility index (Phi) is 2.91. The minimum Gasteiger partial charge on any atom is -0.399 e. The third kappa shape index (κ3) is 2.50. The van der Waals surface area contributed by atoms with Crippen molar-refractivity contribution in [2.45, 2.75) is 0 Å². The van der Waals surface area contributed by atoms with E-state index in [0.29, 0.717) is 0 Å². The Morgan fingerprint density at radius 3 is 2.00 bits per heavy atom. The normalized spacial score (nSPS) is 10.2. The smallest absolute Gasteiger partial charge is 0.0387 e. The summed E-state index contributed by atoms with van der Waals surface area (Å²) in [4.78, 5) is 2.04. The molecule has 0 aliphatic carbocycles. The van der Waals surface area contributed by atoms with Crippen molar-refractivity contribution in [2.24, 2.45) is 0 Å². The molecule has 0 atom stereocenters. The third-order valence-electron chi connectivity index (χ3n) is 2.70. The molecule has 0 aromatic heterocycles. The van der Waals surface area contributed by atoms with Gasteiger partial charge in [0.2, 0.25) is 0 Å². The number of anilines is 3. The van der Waals surface area contributed by atoms with Crippen LogP contribution in [0.1, 0.15) is 0 Å². The molecule has 0 saturated heterocycles. The van der Waals surface area contributed by atoms with Gasteiger partial charge in [0.15, 0.2) is 0 Å². The molecule has 3 nitrogen and oxygen atoms in total. The minimum absolute atomic E-state index is 0.767. The Hall–Kier alpha value is -2.16. The van der Waals surface area contributed by atoms with Crippen LogP contribution in [0.2, 0.25) is 0 Å². The van der Waals surface area contributed by atoms with E-state index in [1.165, 1.54) is 0 Å². The molecule has 0 aliphatic rings. The van der Waals surface area contributed by atoms with Crippen LogP contribution in [0.3, 0.4) is 0 Å². The quantitative estimate of drug-likeness (QED) is 0.775. The maximum absolute atomic E-state index is 5.91. The number of nitrogens with two attached hydrogens (primary N) is 2. The molecule has 0 unspecified atom stereocenters. The van der Waals surface area contributed by atoms with Crippen molar-refractivity contribution in [1.82, 2.24) is 0 Å². The number of benzene rings is 2. The van der Waals surface area contributed by atoms with Crippen molar-refractivity contribution in [3.05, 3.63) is 42.5 Å². The second-order valence-electron chi connectivity index (χ2n) is 4.33. The van der Waals surface area contributed by atoms with Crippen LogP contribution in [-0.4, -0.2) is 14.1 Å². The first-order valence-corrected chi connectivity index (χ1v) is 5.50. The molecule has 17 heavy (non-hydrogen) atoms. The summed E-state index contributed by atoms with van der Waals surface area (Å²) in [6.45, 7) is 0. The van der Waals surface area contributed by atoms with Crippen LogP contribution in [0.15, 0.2) is 42.5 Å². The SMILES string of the molecule is CN(C)c1cc(N)cc(-c2ccc(N)cc2)c1. The van der Waals surface area contributed by atoms with Crippen LogP contribution >= 0.6 is 0 Å². The molecule has 0 saturated carbocycles. The molecule has 0 bridgehead atoms. The van der Waals surface area contributed by atoms with Gasteiger partial charge >= 0.3 is 0 Å². The highest BCUT2D eigenvalue weighted by atomic mass is 15.1. The summed E-state index contributed by atoms with van der Waals surface area (Å²) in [5.74, 6) is 0. The van der Waals surface area contributed by atoms with Gasteiger partial charge in [0, 0.05) is 31.2 Å². The zero-order valence-corrected chi connectivity index (χ0v) is 10.1. The predicted octanol–water partition coefficient (Wildman–Crippen LogP) is 2.58. The molecule has 0 fully saturated rings. The minimum atomic E-state index is 0.767. The van der Waals surface area contributed by atoms with Crippen LogP contribution < -0.4 is 16.4 Å². The summed E-state index contributed by atoms with van der Waals surface area (Å²) in [6.07, 6.45) is 0. The lowest BCUT2D eigenvalue weighted by atomic mass is 10.0. The molecule has 2 aromatic rings. The second kappa shape index (κ2) is 4.37. The van der Waals surface area contributed by atoms with E-state index in [-0.39, 0.29) is 0 Å². The molecule has 0 amide bonds. The largest absolute Gasteiger partial charge is 0.399 e. The Morgan fingerprint density at radius 1 is 0.765 bits per heavy atom. The van der Waals surface area contributed by atoms with Gasteiger partial charge in [-0.15, -0.1) is 0 Å². The van der Waals surface area contributed by atoms with Gasteiger partial charge < -0.3 is 16.4 Å². The Balaban J connectivity index is 2.48. The average Bonchev–Trinajstić information content (AvgIpc) is 2.29. The molecular weight excluding hydrogens is 210 g/mol. The van der Waals surface area contributed by atoms with Crippen molar-refractivity contribution in [2.75, 3.05) is 30.5 Å². The molecule has 2 aromatic carbocycles. The average molecular weight is 227 g/mol. The maximum atomic E-state index is 5.91. The Morgan fingerprint density at radius 2 is 1.41 bits per heavy atom. The topological polar surface area (TPSA) is 55.3 Å². The van der Waals surface area contributed by atoms with Crippen LogP contribution in [0.5, 0.6) is 0 Å². The molecule has 4 N–H and O–H groups in total. The van der Waals surface area contributed by atoms with Gasteiger partial charge in [0.05, 0.1) is 0 Å². The van der Waals surface area contributed by atoms with Crippen LogP contribution in [0.4, 0.5) is 17.1 Å². The molecule has 0 aliphatic heterocycles. The molecule has 0 radical (unpaired) electrons. The number of hydrogen-bond acceptors (Lipinski definition) is 3. The van der Waals surface area contributed by atoms with E-state index in [1.807, 2.05) is 55.4 Å². The van der Waals surface area contributed by atoms with Gasteiger partial charge in [0.25, 0.3) is 0 Å². The van der Waals surface area contributed by atoms with Gasteiger partial charge in [-0.1, -0.05) is 12.1 Å². The van der Waals surface area contributed by atoms with E-state index in [9.17, 15) is 0 Å². The Bertz CT molecular complexity index is 515. The van der Waals surface area contributed by atoms with Crippen LogP contribution in [-0.2, 0) is 0 Å². The van der Waals surface area contributed by atoms with E-state index in [0.717, 1.165) is 28.2 Å². The molecule has 0 spiro atoms. The highest BCUT2D eigenvalue weighted by Gasteiger charge is 2.03. The van der Waals surface area contributed by atoms with E-state index in [4.69, 9.17) is 11.5 Å². The predicted molar refractivity (Wildman–Crippen MR) is 75.0 cm³/mol. The third-order valence-corrected chi connectivity index (χ3v) is 2.70. The fourth-order valence-electron chi connectivity index (χ4n) is 1.74. The Labute approximate surface area is 102 Å². The number of hydrogen-bond donors (Lipinski definition) is 2. The van der Waals surface area contributed by atoms with Crippen molar-refractivity contribution in [3.8, 4) is 11.1 Å². The molecule has 3 heteroatoms. The van der Waals surface area contributed by atoms with Crippen molar-refractivity contribution >= 4 is 17.1 Å². The van der Waals surface area contributed by atoms with Gasteiger partial charge in [0.1, 0.15) is 0 Å². The molecule has 2 rings (SSSR count). The first kappa shape index (κ1) is 11.3. The van der Waals surface area contributed by atoms with Gasteiger partial charge in [-0.05, 0) is 41.5 Å². The standard InChI is InChI=1S/C14H17N3/c1-17(2)14-8-11(7-13(16)9-14)10-3-5-12(15)6-4-10/h3-9H,15-16H2,1-2H3. The molecule has 88 valence electrons. The summed E-state index contributed by atoms with van der Waals surface area (Å²) in [7, 11) is 4.00. The zero-order chi connectivity index (χ0) is 12.4. The highest BCUT2D eigenvalue weighted by molar-refractivity contribution is 5.74. The highest BCUT2D eigenvalue weighted by Crippen LogP contribution is 2.27. The lowest BCUT2D eigenvalue weighted by molar-refractivity contribution is 1.13. The van der Waals surface area contributed by atoms with Gasteiger partial charge in [-0.25, -0.2) is 0 Å². The van der Waals surface area contributed by atoms with E-state index in [1.54, 1.807) is 0 Å². The summed E-state index contributed by atoms with van der Waals surface area (Å²) in [5, 5.41) is 0. The fourth-order valence-corrected chi connectivity index (χ4v) is 1.74. The van der Waals surface area contributed by atoms with Crippen molar-refractivity contribution in [3.63, 3.8) is 0 Å². The number of nitrogens with zero attached hydrogens (tertiary/aromatic N) is 1. The van der Waals surface area contributed by atoms with Gasteiger partial charge in [-0.3, -0.25) is 0 Å². The lowest BCUT2D eigenvalue weighted by Gasteiger charge is -2.15. The molecule has 0 heterocycles. The van der Waals surface area contributed by atoms with Crippen molar-refractivity contribution < 1.29 is 0 Å². The first-order chi connectivity index (χ1) is 8.06.